The van der Waals surface area contributed by atoms with Crippen molar-refractivity contribution in [2.45, 2.75) is 13.3 Å². The Kier molecular flexibility index (Phi) is 4.15. The highest BCUT2D eigenvalue weighted by atomic mass is 79.9. The zero-order chi connectivity index (χ0) is 13.0. The van der Waals surface area contributed by atoms with E-state index < -0.39 is 0 Å². The summed E-state index contributed by atoms with van der Waals surface area (Å²) in [5.41, 5.74) is 1.62. The second kappa shape index (κ2) is 5.82. The van der Waals surface area contributed by atoms with Crippen molar-refractivity contribution in [2.24, 2.45) is 0 Å². The van der Waals surface area contributed by atoms with Crippen LogP contribution < -0.4 is 0 Å². The Bertz CT molecular complexity index is 551. The molecule has 0 aliphatic carbocycles. The normalized spacial score (nSPS) is 10.3. The van der Waals surface area contributed by atoms with Crippen LogP contribution in [0.25, 0.3) is 11.3 Å². The van der Waals surface area contributed by atoms with Crippen molar-refractivity contribution in [3.05, 3.63) is 40.9 Å². The number of benzene rings is 1. The van der Waals surface area contributed by atoms with Crippen molar-refractivity contribution in [1.82, 2.24) is 4.98 Å². The van der Waals surface area contributed by atoms with Crippen LogP contribution in [0.5, 0.6) is 0 Å². The molecule has 5 heteroatoms. The van der Waals surface area contributed by atoms with E-state index in [-0.39, 0.29) is 12.4 Å². The van der Waals surface area contributed by atoms with E-state index in [1.807, 2.05) is 24.3 Å². The molecule has 18 heavy (non-hydrogen) atoms. The summed E-state index contributed by atoms with van der Waals surface area (Å²) < 4.78 is 11.0. The number of nitrogens with zero attached hydrogens (tertiary/aromatic N) is 1. The molecule has 0 spiro atoms. The minimum atomic E-state index is -0.335. The number of halogens is 1. The minimum Gasteiger partial charge on any atom is -0.466 e. The van der Waals surface area contributed by atoms with Gasteiger partial charge in [0, 0.05) is 10.0 Å². The van der Waals surface area contributed by atoms with Gasteiger partial charge in [0.15, 0.2) is 0 Å². The lowest BCUT2D eigenvalue weighted by Gasteiger charge is -1.98. The summed E-state index contributed by atoms with van der Waals surface area (Å²) in [5.74, 6) is 0.0252. The third-order valence-electron chi connectivity index (χ3n) is 2.30. The lowest BCUT2D eigenvalue weighted by Crippen LogP contribution is -2.07. The Morgan fingerprint density at radius 3 is 2.94 bits per heavy atom. The monoisotopic (exact) mass is 309 g/mol. The largest absolute Gasteiger partial charge is 0.466 e. The van der Waals surface area contributed by atoms with Crippen LogP contribution in [-0.2, 0) is 16.0 Å². The van der Waals surface area contributed by atoms with Crippen molar-refractivity contribution in [3.63, 3.8) is 0 Å². The summed E-state index contributed by atoms with van der Waals surface area (Å²) in [6.07, 6.45) is 1.59. The molecular formula is C13H12BrNO3. The fraction of sp³-hybridized carbons (Fsp3) is 0.231. The number of carbonyl (C=O) groups is 1. The summed E-state index contributed by atoms with van der Waals surface area (Å²) in [6.45, 7) is 2.12. The Balaban J connectivity index is 2.16. The van der Waals surface area contributed by atoms with E-state index in [1.54, 1.807) is 6.92 Å². The molecule has 0 aliphatic heterocycles. The molecule has 0 amide bonds. The van der Waals surface area contributed by atoms with Gasteiger partial charge in [0.25, 0.3) is 0 Å². The number of carbonyl (C=O) groups excluding carboxylic acids is 1. The Hall–Kier alpha value is -1.62. The summed E-state index contributed by atoms with van der Waals surface area (Å²) in [6, 6.07) is 7.69. The van der Waals surface area contributed by atoms with Crippen LogP contribution in [0.15, 0.2) is 39.4 Å². The standard InChI is InChI=1S/C13H12BrNO3/c1-2-17-13(16)7-12-15-11(8-18-12)9-5-3-4-6-10(9)14/h3-6,8H,2,7H2,1H3. The van der Waals surface area contributed by atoms with Gasteiger partial charge in [0.2, 0.25) is 5.89 Å². The van der Waals surface area contributed by atoms with E-state index in [9.17, 15) is 4.79 Å². The van der Waals surface area contributed by atoms with Gasteiger partial charge in [-0.1, -0.05) is 34.1 Å². The lowest BCUT2D eigenvalue weighted by molar-refractivity contribution is -0.142. The second-order valence-corrected chi connectivity index (χ2v) is 4.44. The van der Waals surface area contributed by atoms with E-state index in [4.69, 9.17) is 9.15 Å². The Morgan fingerprint density at radius 1 is 1.44 bits per heavy atom. The topological polar surface area (TPSA) is 52.3 Å². The molecule has 1 heterocycles. The predicted molar refractivity (Wildman–Crippen MR) is 70.0 cm³/mol. The average molecular weight is 310 g/mol. The van der Waals surface area contributed by atoms with Crippen molar-refractivity contribution < 1.29 is 13.9 Å². The zero-order valence-electron chi connectivity index (χ0n) is 9.85. The van der Waals surface area contributed by atoms with Gasteiger partial charge < -0.3 is 9.15 Å². The van der Waals surface area contributed by atoms with E-state index in [2.05, 4.69) is 20.9 Å². The molecule has 1 aromatic heterocycles. The highest BCUT2D eigenvalue weighted by molar-refractivity contribution is 9.10. The van der Waals surface area contributed by atoms with Gasteiger partial charge in [-0.2, -0.15) is 0 Å². The highest BCUT2D eigenvalue weighted by Gasteiger charge is 2.12. The quantitative estimate of drug-likeness (QED) is 0.814. The van der Waals surface area contributed by atoms with Gasteiger partial charge in [-0.15, -0.1) is 0 Å². The molecule has 0 saturated carbocycles. The number of hydrogen-bond donors (Lipinski definition) is 0. The third kappa shape index (κ3) is 2.98. The molecule has 94 valence electrons. The summed E-state index contributed by atoms with van der Waals surface area (Å²) in [7, 11) is 0. The van der Waals surface area contributed by atoms with Crippen molar-refractivity contribution in [1.29, 1.82) is 0 Å². The van der Waals surface area contributed by atoms with Gasteiger partial charge in [-0.25, -0.2) is 4.98 Å². The van der Waals surface area contributed by atoms with Crippen LogP contribution in [0.2, 0.25) is 0 Å². The van der Waals surface area contributed by atoms with Crippen LogP contribution in [0.4, 0.5) is 0 Å². The van der Waals surface area contributed by atoms with Crippen LogP contribution in [-0.4, -0.2) is 17.6 Å². The minimum absolute atomic E-state index is 0.0539. The van der Waals surface area contributed by atoms with Crippen LogP contribution in [0, 0.1) is 0 Å². The number of oxazole rings is 1. The Morgan fingerprint density at radius 2 is 2.22 bits per heavy atom. The number of rotatable bonds is 4. The van der Waals surface area contributed by atoms with Crippen LogP contribution in [0.1, 0.15) is 12.8 Å². The molecular weight excluding hydrogens is 298 g/mol. The maximum absolute atomic E-state index is 11.3. The van der Waals surface area contributed by atoms with Crippen LogP contribution >= 0.6 is 15.9 Å². The van der Waals surface area contributed by atoms with E-state index in [0.717, 1.165) is 10.0 Å². The first-order chi connectivity index (χ1) is 8.70. The first-order valence-electron chi connectivity index (χ1n) is 5.55. The van der Waals surface area contributed by atoms with E-state index in [1.165, 1.54) is 6.26 Å². The maximum atomic E-state index is 11.3. The molecule has 0 unspecified atom stereocenters. The van der Waals surface area contributed by atoms with Crippen molar-refractivity contribution >= 4 is 21.9 Å². The maximum Gasteiger partial charge on any atom is 0.315 e. The van der Waals surface area contributed by atoms with Crippen LogP contribution in [0.3, 0.4) is 0 Å². The summed E-state index contributed by atoms with van der Waals surface area (Å²) in [4.78, 5) is 15.6. The second-order valence-electron chi connectivity index (χ2n) is 3.59. The molecule has 0 radical (unpaired) electrons. The van der Waals surface area contributed by atoms with Crippen molar-refractivity contribution in [3.8, 4) is 11.3 Å². The number of aromatic nitrogens is 1. The zero-order valence-corrected chi connectivity index (χ0v) is 11.4. The predicted octanol–water partition coefficient (Wildman–Crippen LogP) is 3.21. The molecule has 0 atom stereocenters. The molecule has 4 nitrogen and oxygen atoms in total. The summed E-state index contributed by atoms with van der Waals surface area (Å²) >= 11 is 3.44. The van der Waals surface area contributed by atoms with Gasteiger partial charge in [-0.3, -0.25) is 4.79 Å². The Labute approximate surface area is 113 Å². The SMILES string of the molecule is CCOC(=O)Cc1nc(-c2ccccc2Br)co1. The van der Waals surface area contributed by atoms with Gasteiger partial charge >= 0.3 is 5.97 Å². The number of ether oxygens (including phenoxy) is 1. The first-order valence-corrected chi connectivity index (χ1v) is 6.35. The molecule has 1 aromatic carbocycles. The molecule has 0 bridgehead atoms. The fourth-order valence-electron chi connectivity index (χ4n) is 1.52. The average Bonchev–Trinajstić information content (AvgIpc) is 2.78. The molecule has 0 saturated heterocycles. The van der Waals surface area contributed by atoms with Gasteiger partial charge in [-0.05, 0) is 13.0 Å². The highest BCUT2D eigenvalue weighted by Crippen LogP contribution is 2.27. The van der Waals surface area contributed by atoms with Gasteiger partial charge in [0.1, 0.15) is 18.4 Å². The molecule has 0 fully saturated rings. The molecule has 2 aromatic rings. The smallest absolute Gasteiger partial charge is 0.315 e. The fourth-order valence-corrected chi connectivity index (χ4v) is 2.01. The summed E-state index contributed by atoms with van der Waals surface area (Å²) in [5, 5.41) is 0. The van der Waals surface area contributed by atoms with E-state index >= 15 is 0 Å². The van der Waals surface area contributed by atoms with E-state index in [0.29, 0.717) is 18.2 Å². The number of hydrogen-bond acceptors (Lipinski definition) is 4. The number of esters is 1. The molecule has 0 N–H and O–H groups in total. The van der Waals surface area contributed by atoms with Crippen molar-refractivity contribution in [2.75, 3.05) is 6.61 Å². The first kappa shape index (κ1) is 12.8. The lowest BCUT2D eigenvalue weighted by atomic mass is 10.2. The third-order valence-corrected chi connectivity index (χ3v) is 2.99. The molecule has 2 rings (SSSR count). The molecule has 0 aliphatic rings. The van der Waals surface area contributed by atoms with Gasteiger partial charge in [0.05, 0.1) is 6.61 Å².